The summed E-state index contributed by atoms with van der Waals surface area (Å²) in [5.74, 6) is 0. The Morgan fingerprint density at radius 1 is 0.293 bits per heavy atom. The smallest absolute Gasteiger partial charge is 0.000741 e. The van der Waals surface area contributed by atoms with Gasteiger partial charge in [-0.1, -0.05) is 144 Å². The monoisotopic (exact) mass is 522 g/mol. The first-order valence-corrected chi connectivity index (χ1v) is 14.4. The van der Waals surface area contributed by atoms with Crippen LogP contribution in [0.25, 0.3) is 76.5 Å². The highest BCUT2D eigenvalue weighted by Crippen LogP contribution is 2.52. The van der Waals surface area contributed by atoms with E-state index in [9.17, 15) is 0 Å². The van der Waals surface area contributed by atoms with E-state index < -0.39 is 0 Å². The number of hydrogen-bond acceptors (Lipinski definition) is 0. The van der Waals surface area contributed by atoms with Crippen LogP contribution < -0.4 is 0 Å². The maximum Gasteiger partial charge on any atom is -0.000741 e. The second-order valence-corrected chi connectivity index (χ2v) is 11.5. The van der Waals surface area contributed by atoms with Crippen LogP contribution in [0, 0.1) is 20.8 Å². The van der Waals surface area contributed by atoms with Gasteiger partial charge < -0.3 is 0 Å². The topological polar surface area (TPSA) is 0 Å². The molecular weight excluding hydrogens is 492 g/mol. The van der Waals surface area contributed by atoms with Gasteiger partial charge in [-0.05, 0) is 97.2 Å². The first kappa shape index (κ1) is 23.9. The Hall–Kier alpha value is -4.94. The summed E-state index contributed by atoms with van der Waals surface area (Å²) in [6.45, 7) is 6.50. The lowest BCUT2D eigenvalue weighted by Gasteiger charge is -2.25. The molecule has 0 heterocycles. The number of fused-ring (bicyclic) bond motifs is 2. The molecule has 194 valence electrons. The standard InChI is InChI=1S/C41H30/c1-25-13-19-29(20-14-25)37-35-12-6-10-33-32-9-4-7-28-8-5-11-34(36(28)32)41(40(33)35)39(31-23-17-27(3)18-24-31)38(37)30-21-15-26(2)16-22-30/h4-24H,1-3H3. The van der Waals surface area contributed by atoms with E-state index in [1.165, 1.54) is 93.2 Å². The molecule has 0 heteroatoms. The minimum atomic E-state index is 1.25. The van der Waals surface area contributed by atoms with Gasteiger partial charge in [-0.2, -0.15) is 0 Å². The highest BCUT2D eigenvalue weighted by molar-refractivity contribution is 6.38. The van der Waals surface area contributed by atoms with E-state index in [0.717, 1.165) is 0 Å². The minimum Gasteiger partial charge on any atom is -0.0610 e. The zero-order valence-electron chi connectivity index (χ0n) is 23.6. The predicted octanol–water partition coefficient (Wildman–Crippen LogP) is 11.7. The lowest BCUT2D eigenvalue weighted by Crippen LogP contribution is -1.97. The summed E-state index contributed by atoms with van der Waals surface area (Å²) >= 11 is 0. The summed E-state index contributed by atoms with van der Waals surface area (Å²) in [7, 11) is 0. The predicted molar refractivity (Wildman–Crippen MR) is 178 cm³/mol. The van der Waals surface area contributed by atoms with Crippen molar-refractivity contribution in [1.82, 2.24) is 0 Å². The Morgan fingerprint density at radius 3 is 1.27 bits per heavy atom. The molecular formula is C41H30. The molecule has 8 rings (SSSR count). The maximum absolute atomic E-state index is 2.34. The summed E-state index contributed by atoms with van der Waals surface area (Å²) in [6, 6.07) is 47.8. The van der Waals surface area contributed by atoms with Crippen LogP contribution in [0.4, 0.5) is 0 Å². The number of rotatable bonds is 3. The molecule has 8 aromatic carbocycles. The molecule has 0 unspecified atom stereocenters. The Bertz CT molecular complexity index is 2230. The maximum atomic E-state index is 2.34. The molecule has 0 bridgehead atoms. The normalized spacial score (nSPS) is 11.8. The van der Waals surface area contributed by atoms with E-state index in [-0.39, 0.29) is 0 Å². The SMILES string of the molecule is Cc1ccc(-c2c(-c3ccc(C)cc3)c3cccc4c5cccc6cccc(c(c2-c2ccc(C)cc2)c34)c65)cc1. The van der Waals surface area contributed by atoms with E-state index in [0.29, 0.717) is 0 Å². The zero-order chi connectivity index (χ0) is 27.7. The van der Waals surface area contributed by atoms with Gasteiger partial charge >= 0.3 is 0 Å². The molecule has 0 aliphatic rings. The average molecular weight is 523 g/mol. The molecule has 0 aromatic heterocycles. The molecule has 41 heavy (non-hydrogen) atoms. The molecule has 0 aliphatic carbocycles. The van der Waals surface area contributed by atoms with Crippen LogP contribution >= 0.6 is 0 Å². The van der Waals surface area contributed by atoms with Gasteiger partial charge in [0.1, 0.15) is 0 Å². The van der Waals surface area contributed by atoms with Crippen LogP contribution in [0.15, 0.2) is 127 Å². The lowest BCUT2D eigenvalue weighted by molar-refractivity contribution is 1.46. The Kier molecular flexibility index (Phi) is 5.27. The largest absolute Gasteiger partial charge is 0.0610 e. The average Bonchev–Trinajstić information content (AvgIpc) is 3.00. The van der Waals surface area contributed by atoms with Gasteiger partial charge in [0.05, 0.1) is 0 Å². The van der Waals surface area contributed by atoms with Gasteiger partial charge in [0.2, 0.25) is 0 Å². The fraction of sp³-hybridized carbons (Fsp3) is 0.0732. The van der Waals surface area contributed by atoms with Crippen molar-refractivity contribution in [3.05, 3.63) is 144 Å². The van der Waals surface area contributed by atoms with Gasteiger partial charge in [-0.3, -0.25) is 0 Å². The fourth-order valence-electron chi connectivity index (χ4n) is 6.85. The van der Waals surface area contributed by atoms with Crippen LogP contribution in [0.5, 0.6) is 0 Å². The summed E-state index contributed by atoms with van der Waals surface area (Å²) in [4.78, 5) is 0. The van der Waals surface area contributed by atoms with Gasteiger partial charge in [0.15, 0.2) is 0 Å². The second-order valence-electron chi connectivity index (χ2n) is 11.5. The summed E-state index contributed by atoms with van der Waals surface area (Å²) < 4.78 is 0. The fourth-order valence-corrected chi connectivity index (χ4v) is 6.85. The number of hydrogen-bond donors (Lipinski definition) is 0. The van der Waals surface area contributed by atoms with Crippen molar-refractivity contribution in [2.75, 3.05) is 0 Å². The van der Waals surface area contributed by atoms with Crippen LogP contribution in [-0.4, -0.2) is 0 Å². The number of aryl methyl sites for hydroxylation is 3. The van der Waals surface area contributed by atoms with E-state index in [4.69, 9.17) is 0 Å². The highest BCUT2D eigenvalue weighted by atomic mass is 14.3. The first-order valence-electron chi connectivity index (χ1n) is 14.4. The first-order chi connectivity index (χ1) is 20.1. The van der Waals surface area contributed by atoms with Crippen molar-refractivity contribution >= 4 is 43.1 Å². The molecule has 0 fully saturated rings. The van der Waals surface area contributed by atoms with Crippen LogP contribution in [0.1, 0.15) is 16.7 Å². The van der Waals surface area contributed by atoms with Crippen molar-refractivity contribution in [2.45, 2.75) is 20.8 Å². The Balaban J connectivity index is 1.72. The molecule has 0 amide bonds. The zero-order valence-corrected chi connectivity index (χ0v) is 23.6. The molecule has 0 aliphatic heterocycles. The molecule has 0 radical (unpaired) electrons. The third-order valence-corrected chi connectivity index (χ3v) is 8.82. The Labute approximate surface area is 240 Å². The molecule has 0 spiro atoms. The molecule has 0 saturated heterocycles. The molecule has 0 saturated carbocycles. The van der Waals surface area contributed by atoms with E-state index in [2.05, 4.69) is 148 Å². The van der Waals surface area contributed by atoms with E-state index in [1.54, 1.807) is 0 Å². The van der Waals surface area contributed by atoms with Crippen molar-refractivity contribution in [3.8, 4) is 33.4 Å². The molecule has 0 nitrogen and oxygen atoms in total. The summed E-state index contributed by atoms with van der Waals surface area (Å²) in [6.07, 6.45) is 0. The van der Waals surface area contributed by atoms with Crippen LogP contribution in [0.3, 0.4) is 0 Å². The van der Waals surface area contributed by atoms with Gasteiger partial charge in [-0.15, -0.1) is 0 Å². The minimum absolute atomic E-state index is 1.25. The number of benzene rings is 8. The summed E-state index contributed by atoms with van der Waals surface area (Å²) in [5, 5.41) is 10.6. The Morgan fingerprint density at radius 2 is 0.707 bits per heavy atom. The van der Waals surface area contributed by atoms with Gasteiger partial charge in [0.25, 0.3) is 0 Å². The highest BCUT2D eigenvalue weighted by Gasteiger charge is 2.25. The lowest BCUT2D eigenvalue weighted by atomic mass is 9.78. The van der Waals surface area contributed by atoms with Crippen molar-refractivity contribution in [3.63, 3.8) is 0 Å². The molecule has 0 atom stereocenters. The van der Waals surface area contributed by atoms with Gasteiger partial charge in [-0.25, -0.2) is 0 Å². The third kappa shape index (κ3) is 3.61. The van der Waals surface area contributed by atoms with Crippen molar-refractivity contribution in [1.29, 1.82) is 0 Å². The van der Waals surface area contributed by atoms with E-state index in [1.807, 2.05) is 0 Å². The van der Waals surface area contributed by atoms with E-state index >= 15 is 0 Å². The third-order valence-electron chi connectivity index (χ3n) is 8.82. The van der Waals surface area contributed by atoms with Crippen LogP contribution in [-0.2, 0) is 0 Å². The quantitative estimate of drug-likeness (QED) is 0.160. The van der Waals surface area contributed by atoms with Crippen LogP contribution in [0.2, 0.25) is 0 Å². The molecule has 8 aromatic rings. The second kappa shape index (κ2) is 9.04. The summed E-state index contributed by atoms with van der Waals surface area (Å²) in [5.41, 5.74) is 11.5. The van der Waals surface area contributed by atoms with Gasteiger partial charge in [0, 0.05) is 0 Å². The van der Waals surface area contributed by atoms with Crippen molar-refractivity contribution in [2.24, 2.45) is 0 Å². The van der Waals surface area contributed by atoms with Crippen molar-refractivity contribution < 1.29 is 0 Å². The molecule has 0 N–H and O–H groups in total.